The fourth-order valence-electron chi connectivity index (χ4n) is 3.67. The summed E-state index contributed by atoms with van der Waals surface area (Å²) in [6.45, 7) is 4.00. The number of halogens is 2. The first-order valence-corrected chi connectivity index (χ1v) is 10.6. The Kier molecular flexibility index (Phi) is 6.41. The highest BCUT2D eigenvalue weighted by Gasteiger charge is 2.25. The number of benzene rings is 2. The van der Waals surface area contributed by atoms with E-state index in [1.165, 1.54) is 24.3 Å². The van der Waals surface area contributed by atoms with Crippen LogP contribution in [0.1, 0.15) is 16.1 Å². The van der Waals surface area contributed by atoms with Crippen molar-refractivity contribution in [1.82, 2.24) is 15.4 Å². The Morgan fingerprint density at radius 1 is 1.06 bits per heavy atom. The molecule has 1 N–H and O–H groups in total. The average molecular weight is 457 g/mol. The minimum atomic E-state index is -0.462. The predicted octanol–water partition coefficient (Wildman–Crippen LogP) is 3.52. The standard InChI is InChI=1S/C23H22ClFN4O3/c1-15-21(22(27-32-15)16-2-6-18(25)7-3-16)23(31)26-14-20(30)29-12-10-28(11-13-29)19-8-4-17(24)5-9-19/h2-9H,10-14H2,1H3,(H,26,31). The first-order valence-electron chi connectivity index (χ1n) is 10.2. The lowest BCUT2D eigenvalue weighted by atomic mass is 10.1. The van der Waals surface area contributed by atoms with Gasteiger partial charge in [-0.05, 0) is 55.5 Å². The van der Waals surface area contributed by atoms with E-state index in [4.69, 9.17) is 16.1 Å². The Labute approximate surface area is 189 Å². The van der Waals surface area contributed by atoms with E-state index >= 15 is 0 Å². The smallest absolute Gasteiger partial charge is 0.257 e. The van der Waals surface area contributed by atoms with Crippen molar-refractivity contribution >= 4 is 29.1 Å². The summed E-state index contributed by atoms with van der Waals surface area (Å²) in [4.78, 5) is 29.3. The molecule has 32 heavy (non-hydrogen) atoms. The third-order valence-electron chi connectivity index (χ3n) is 5.43. The lowest BCUT2D eigenvalue weighted by molar-refractivity contribution is -0.130. The van der Waals surface area contributed by atoms with Crippen LogP contribution >= 0.6 is 11.6 Å². The van der Waals surface area contributed by atoms with Crippen molar-refractivity contribution in [3.05, 3.63) is 70.7 Å². The number of hydrogen-bond acceptors (Lipinski definition) is 5. The van der Waals surface area contributed by atoms with Crippen molar-refractivity contribution in [3.63, 3.8) is 0 Å². The van der Waals surface area contributed by atoms with Gasteiger partial charge in [0, 0.05) is 42.5 Å². The maximum absolute atomic E-state index is 13.2. The summed E-state index contributed by atoms with van der Waals surface area (Å²) in [5, 5.41) is 7.27. The van der Waals surface area contributed by atoms with Crippen molar-refractivity contribution in [2.45, 2.75) is 6.92 Å². The van der Waals surface area contributed by atoms with E-state index in [1.54, 1.807) is 11.8 Å². The van der Waals surface area contributed by atoms with Crippen LogP contribution in [0.4, 0.5) is 10.1 Å². The fraction of sp³-hybridized carbons (Fsp3) is 0.261. The second kappa shape index (κ2) is 9.40. The van der Waals surface area contributed by atoms with Crippen LogP contribution < -0.4 is 10.2 Å². The molecule has 2 aromatic carbocycles. The second-order valence-electron chi connectivity index (χ2n) is 7.50. The fourth-order valence-corrected chi connectivity index (χ4v) is 3.79. The number of aryl methyl sites for hydroxylation is 1. The van der Waals surface area contributed by atoms with Crippen LogP contribution in [0.15, 0.2) is 53.1 Å². The molecule has 1 aliphatic rings. The summed E-state index contributed by atoms with van der Waals surface area (Å²) in [5.74, 6) is -0.685. The van der Waals surface area contributed by atoms with Gasteiger partial charge in [-0.15, -0.1) is 0 Å². The number of piperazine rings is 1. The molecule has 1 fully saturated rings. The molecule has 2 amide bonds. The SMILES string of the molecule is Cc1onc(-c2ccc(F)cc2)c1C(=O)NCC(=O)N1CCN(c2ccc(Cl)cc2)CC1. The van der Waals surface area contributed by atoms with Crippen molar-refractivity contribution in [1.29, 1.82) is 0 Å². The molecule has 0 atom stereocenters. The van der Waals surface area contributed by atoms with E-state index in [9.17, 15) is 14.0 Å². The number of nitrogens with one attached hydrogen (secondary N) is 1. The van der Waals surface area contributed by atoms with Gasteiger partial charge in [-0.25, -0.2) is 4.39 Å². The van der Waals surface area contributed by atoms with Crippen molar-refractivity contribution in [2.75, 3.05) is 37.6 Å². The molecule has 0 unspecified atom stereocenters. The van der Waals surface area contributed by atoms with Gasteiger partial charge in [0.25, 0.3) is 5.91 Å². The molecule has 3 aromatic rings. The van der Waals surface area contributed by atoms with Crippen LogP contribution in [0.5, 0.6) is 0 Å². The van der Waals surface area contributed by atoms with Gasteiger partial charge >= 0.3 is 0 Å². The van der Waals surface area contributed by atoms with E-state index < -0.39 is 5.91 Å². The van der Waals surface area contributed by atoms with Crippen molar-refractivity contribution in [3.8, 4) is 11.3 Å². The van der Waals surface area contributed by atoms with Crippen molar-refractivity contribution < 1.29 is 18.5 Å². The zero-order valence-electron chi connectivity index (χ0n) is 17.5. The lowest BCUT2D eigenvalue weighted by Gasteiger charge is -2.36. The molecule has 0 saturated carbocycles. The van der Waals surface area contributed by atoms with E-state index in [1.807, 2.05) is 24.3 Å². The highest BCUT2D eigenvalue weighted by atomic mass is 35.5. The first kappa shape index (κ1) is 21.8. The number of carbonyl (C=O) groups is 2. The zero-order valence-corrected chi connectivity index (χ0v) is 18.2. The Morgan fingerprint density at radius 2 is 1.72 bits per heavy atom. The van der Waals surface area contributed by atoms with Crippen LogP contribution in [-0.4, -0.2) is 54.6 Å². The van der Waals surface area contributed by atoms with Gasteiger partial charge in [0.1, 0.15) is 22.8 Å². The van der Waals surface area contributed by atoms with E-state index in [2.05, 4.69) is 15.4 Å². The minimum Gasteiger partial charge on any atom is -0.368 e. The Balaban J connectivity index is 1.34. The van der Waals surface area contributed by atoms with Crippen molar-refractivity contribution in [2.24, 2.45) is 0 Å². The van der Waals surface area contributed by atoms with Gasteiger partial charge in [-0.2, -0.15) is 0 Å². The van der Waals surface area contributed by atoms with Gasteiger partial charge in [0.2, 0.25) is 5.91 Å². The summed E-state index contributed by atoms with van der Waals surface area (Å²) in [6.07, 6.45) is 0. The molecule has 0 aliphatic carbocycles. The molecule has 1 aromatic heterocycles. The van der Waals surface area contributed by atoms with Gasteiger partial charge in [-0.1, -0.05) is 16.8 Å². The van der Waals surface area contributed by atoms with Gasteiger partial charge in [0.05, 0.1) is 6.54 Å². The summed E-state index contributed by atoms with van der Waals surface area (Å²) < 4.78 is 18.4. The zero-order chi connectivity index (χ0) is 22.7. The number of rotatable bonds is 5. The minimum absolute atomic E-state index is 0.132. The molecular formula is C23H22ClFN4O3. The Morgan fingerprint density at radius 3 is 2.38 bits per heavy atom. The maximum Gasteiger partial charge on any atom is 0.257 e. The molecule has 7 nitrogen and oxygen atoms in total. The van der Waals surface area contributed by atoms with Crippen LogP contribution in [0, 0.1) is 12.7 Å². The Bertz CT molecular complexity index is 1110. The lowest BCUT2D eigenvalue weighted by Crippen LogP contribution is -2.51. The summed E-state index contributed by atoms with van der Waals surface area (Å²) in [6, 6.07) is 13.2. The van der Waals surface area contributed by atoms with E-state index in [-0.39, 0.29) is 23.8 Å². The number of carbonyl (C=O) groups excluding carboxylic acids is 2. The third-order valence-corrected chi connectivity index (χ3v) is 5.68. The number of aromatic nitrogens is 1. The summed E-state index contributed by atoms with van der Waals surface area (Å²) in [7, 11) is 0. The number of hydrogen-bond donors (Lipinski definition) is 1. The maximum atomic E-state index is 13.2. The molecule has 166 valence electrons. The molecule has 9 heteroatoms. The van der Waals surface area contributed by atoms with Crippen LogP contribution in [0.3, 0.4) is 0 Å². The number of anilines is 1. The first-order chi connectivity index (χ1) is 15.4. The molecular weight excluding hydrogens is 435 g/mol. The molecule has 1 aliphatic heterocycles. The predicted molar refractivity (Wildman–Crippen MR) is 119 cm³/mol. The number of amides is 2. The topological polar surface area (TPSA) is 78.7 Å². The quantitative estimate of drug-likeness (QED) is 0.635. The third kappa shape index (κ3) is 4.75. The van der Waals surface area contributed by atoms with Gasteiger partial charge in [0.15, 0.2) is 0 Å². The molecule has 4 rings (SSSR count). The van der Waals surface area contributed by atoms with Crippen LogP contribution in [0.25, 0.3) is 11.3 Å². The molecule has 0 bridgehead atoms. The second-order valence-corrected chi connectivity index (χ2v) is 7.93. The highest BCUT2D eigenvalue weighted by Crippen LogP contribution is 2.25. The van der Waals surface area contributed by atoms with Gasteiger partial charge in [-0.3, -0.25) is 9.59 Å². The normalized spacial score (nSPS) is 13.8. The van der Waals surface area contributed by atoms with E-state index in [0.717, 1.165) is 5.69 Å². The molecule has 2 heterocycles. The van der Waals surface area contributed by atoms with Crippen LogP contribution in [0.2, 0.25) is 5.02 Å². The van der Waals surface area contributed by atoms with E-state index in [0.29, 0.717) is 48.2 Å². The monoisotopic (exact) mass is 456 g/mol. The molecule has 1 saturated heterocycles. The largest absolute Gasteiger partial charge is 0.368 e. The van der Waals surface area contributed by atoms with Gasteiger partial charge < -0.3 is 19.6 Å². The highest BCUT2D eigenvalue weighted by molar-refractivity contribution is 6.30. The summed E-state index contributed by atoms with van der Waals surface area (Å²) >= 11 is 5.94. The number of nitrogens with zero attached hydrogens (tertiary/aromatic N) is 3. The van der Waals surface area contributed by atoms with Crippen LogP contribution in [-0.2, 0) is 4.79 Å². The average Bonchev–Trinajstić information content (AvgIpc) is 3.20. The Hall–Kier alpha value is -3.39. The molecule has 0 spiro atoms. The molecule has 0 radical (unpaired) electrons. The summed E-state index contributed by atoms with van der Waals surface area (Å²) in [5.41, 5.74) is 2.16.